The molecule has 0 bridgehead atoms. The van der Waals surface area contributed by atoms with Gasteiger partial charge >= 0.3 is 6.18 Å². The van der Waals surface area contributed by atoms with E-state index >= 15 is 0 Å². The zero-order chi connectivity index (χ0) is 20.6. The SMILES string of the molecule is Cc1ccc(-c2nc3cccnc3s2)cc1NC(=O)c1ccc(C(F)(F)F)cc1. The molecule has 0 fully saturated rings. The fraction of sp³-hybridized carbons (Fsp3) is 0.0952. The van der Waals surface area contributed by atoms with Crippen molar-refractivity contribution >= 4 is 33.3 Å². The average molecular weight is 413 g/mol. The molecule has 4 aromatic rings. The number of anilines is 1. The molecule has 0 saturated heterocycles. The Kier molecular flexibility index (Phi) is 4.79. The van der Waals surface area contributed by atoms with Crippen molar-refractivity contribution in [3.05, 3.63) is 77.5 Å². The fourth-order valence-corrected chi connectivity index (χ4v) is 3.69. The van der Waals surface area contributed by atoms with Crippen LogP contribution in [-0.2, 0) is 6.18 Å². The Bertz CT molecular complexity index is 1170. The third-order valence-electron chi connectivity index (χ3n) is 4.37. The number of alkyl halides is 3. The van der Waals surface area contributed by atoms with Crippen LogP contribution in [0.4, 0.5) is 18.9 Å². The maximum atomic E-state index is 12.7. The van der Waals surface area contributed by atoms with Crippen LogP contribution in [-0.4, -0.2) is 15.9 Å². The minimum atomic E-state index is -4.44. The topological polar surface area (TPSA) is 54.9 Å². The quantitative estimate of drug-likeness (QED) is 0.452. The van der Waals surface area contributed by atoms with Crippen molar-refractivity contribution in [3.8, 4) is 10.6 Å². The van der Waals surface area contributed by atoms with Gasteiger partial charge in [0.05, 0.1) is 5.56 Å². The van der Waals surface area contributed by atoms with Crippen LogP contribution in [0.25, 0.3) is 20.9 Å². The van der Waals surface area contributed by atoms with Gasteiger partial charge in [0.2, 0.25) is 0 Å². The largest absolute Gasteiger partial charge is 0.416 e. The molecule has 0 spiro atoms. The maximum Gasteiger partial charge on any atom is 0.416 e. The molecule has 0 aliphatic heterocycles. The molecule has 0 unspecified atom stereocenters. The number of aryl methyl sites for hydroxylation is 1. The van der Waals surface area contributed by atoms with E-state index in [1.54, 1.807) is 12.3 Å². The smallest absolute Gasteiger partial charge is 0.322 e. The number of hydrogen-bond donors (Lipinski definition) is 1. The summed E-state index contributed by atoms with van der Waals surface area (Å²) >= 11 is 1.44. The Morgan fingerprint density at radius 2 is 1.83 bits per heavy atom. The lowest BCUT2D eigenvalue weighted by atomic mass is 10.1. The first-order valence-electron chi connectivity index (χ1n) is 8.62. The molecular formula is C21H14F3N3OS. The Labute approximate surface area is 168 Å². The predicted octanol–water partition coefficient (Wildman–Crippen LogP) is 5.94. The number of thiazole rings is 1. The van der Waals surface area contributed by atoms with Gasteiger partial charge in [0.1, 0.15) is 15.4 Å². The number of fused-ring (bicyclic) bond motifs is 1. The molecular weight excluding hydrogens is 399 g/mol. The van der Waals surface area contributed by atoms with E-state index in [4.69, 9.17) is 0 Å². The van der Waals surface area contributed by atoms with E-state index in [0.29, 0.717) is 5.69 Å². The summed E-state index contributed by atoms with van der Waals surface area (Å²) < 4.78 is 38.1. The summed E-state index contributed by atoms with van der Waals surface area (Å²) in [6.07, 6.45) is -2.73. The molecule has 1 N–H and O–H groups in total. The van der Waals surface area contributed by atoms with E-state index < -0.39 is 17.6 Å². The van der Waals surface area contributed by atoms with Crippen molar-refractivity contribution < 1.29 is 18.0 Å². The van der Waals surface area contributed by atoms with Gasteiger partial charge in [-0.15, -0.1) is 0 Å². The van der Waals surface area contributed by atoms with Gasteiger partial charge in [-0.2, -0.15) is 13.2 Å². The van der Waals surface area contributed by atoms with E-state index in [1.165, 1.54) is 11.3 Å². The van der Waals surface area contributed by atoms with Gasteiger partial charge in [-0.05, 0) is 55.0 Å². The molecule has 0 aliphatic rings. The zero-order valence-electron chi connectivity index (χ0n) is 15.1. The van der Waals surface area contributed by atoms with E-state index in [1.807, 2.05) is 31.2 Å². The van der Waals surface area contributed by atoms with Gasteiger partial charge in [0.25, 0.3) is 5.91 Å². The van der Waals surface area contributed by atoms with Crippen LogP contribution in [0, 0.1) is 6.92 Å². The predicted molar refractivity (Wildman–Crippen MR) is 107 cm³/mol. The van der Waals surface area contributed by atoms with E-state index in [9.17, 15) is 18.0 Å². The number of amides is 1. The summed E-state index contributed by atoms with van der Waals surface area (Å²) in [4.78, 5) is 22.2. The zero-order valence-corrected chi connectivity index (χ0v) is 15.9. The molecule has 146 valence electrons. The highest BCUT2D eigenvalue weighted by Crippen LogP contribution is 2.32. The van der Waals surface area contributed by atoms with Crippen LogP contribution < -0.4 is 5.32 Å². The molecule has 1 amide bonds. The Hall–Kier alpha value is -3.26. The van der Waals surface area contributed by atoms with Crippen molar-refractivity contribution in [1.82, 2.24) is 9.97 Å². The maximum absolute atomic E-state index is 12.7. The lowest BCUT2D eigenvalue weighted by molar-refractivity contribution is -0.137. The number of halogens is 3. The average Bonchev–Trinajstić information content (AvgIpc) is 3.13. The summed E-state index contributed by atoms with van der Waals surface area (Å²) in [5, 5.41) is 3.54. The monoisotopic (exact) mass is 413 g/mol. The third kappa shape index (κ3) is 3.97. The number of rotatable bonds is 3. The normalized spacial score (nSPS) is 11.6. The van der Waals surface area contributed by atoms with Crippen molar-refractivity contribution in [1.29, 1.82) is 0 Å². The molecule has 0 saturated carbocycles. The van der Waals surface area contributed by atoms with Crippen LogP contribution in [0.5, 0.6) is 0 Å². The number of nitrogens with zero attached hydrogens (tertiary/aromatic N) is 2. The van der Waals surface area contributed by atoms with Gasteiger partial charge < -0.3 is 5.32 Å². The molecule has 2 aromatic carbocycles. The van der Waals surface area contributed by atoms with Crippen LogP contribution in [0.3, 0.4) is 0 Å². The molecule has 0 atom stereocenters. The summed E-state index contributed by atoms with van der Waals surface area (Å²) in [5.74, 6) is -0.482. The van der Waals surface area contributed by atoms with Gasteiger partial charge in [-0.1, -0.05) is 23.5 Å². The lowest BCUT2D eigenvalue weighted by Gasteiger charge is -2.11. The first-order valence-corrected chi connectivity index (χ1v) is 9.44. The van der Waals surface area contributed by atoms with E-state index in [2.05, 4.69) is 15.3 Å². The van der Waals surface area contributed by atoms with Crippen LogP contribution in [0.2, 0.25) is 0 Å². The second kappa shape index (κ2) is 7.29. The minimum absolute atomic E-state index is 0.145. The molecule has 0 radical (unpaired) electrons. The van der Waals surface area contributed by atoms with Crippen molar-refractivity contribution in [3.63, 3.8) is 0 Å². The first kappa shape index (κ1) is 19.1. The number of aromatic nitrogens is 2. The Morgan fingerprint density at radius 3 is 2.52 bits per heavy atom. The second-order valence-electron chi connectivity index (χ2n) is 6.41. The fourth-order valence-electron chi connectivity index (χ4n) is 2.79. The summed E-state index contributed by atoms with van der Waals surface area (Å²) in [6.45, 7) is 1.84. The number of nitrogens with one attached hydrogen (secondary N) is 1. The van der Waals surface area contributed by atoms with Crippen molar-refractivity contribution in [2.45, 2.75) is 13.1 Å². The molecule has 0 aliphatic carbocycles. The van der Waals surface area contributed by atoms with Crippen LogP contribution in [0.1, 0.15) is 21.5 Å². The van der Waals surface area contributed by atoms with Gasteiger partial charge in [-0.3, -0.25) is 4.79 Å². The minimum Gasteiger partial charge on any atom is -0.322 e. The van der Waals surface area contributed by atoms with E-state index in [-0.39, 0.29) is 5.56 Å². The molecule has 2 aromatic heterocycles. The molecule has 8 heteroatoms. The number of carbonyl (C=O) groups excluding carboxylic acids is 1. The second-order valence-corrected chi connectivity index (χ2v) is 7.38. The lowest BCUT2D eigenvalue weighted by Crippen LogP contribution is -2.13. The Balaban J connectivity index is 1.60. The standard InChI is InChI=1S/C21H14F3N3OS/c1-12-4-5-14(19-27-16-3-2-10-25-20(16)29-19)11-17(12)26-18(28)13-6-8-15(9-7-13)21(22,23)24/h2-11H,1H3,(H,26,28). The number of hydrogen-bond acceptors (Lipinski definition) is 4. The first-order chi connectivity index (χ1) is 13.8. The number of carbonyl (C=O) groups is 1. The Morgan fingerprint density at radius 1 is 1.07 bits per heavy atom. The highest BCUT2D eigenvalue weighted by molar-refractivity contribution is 7.21. The van der Waals surface area contributed by atoms with Crippen LogP contribution >= 0.6 is 11.3 Å². The molecule has 29 heavy (non-hydrogen) atoms. The number of benzene rings is 2. The third-order valence-corrected chi connectivity index (χ3v) is 5.40. The van der Waals surface area contributed by atoms with Gasteiger partial charge in [0, 0.05) is 23.0 Å². The van der Waals surface area contributed by atoms with Gasteiger partial charge in [-0.25, -0.2) is 9.97 Å². The summed E-state index contributed by atoms with van der Waals surface area (Å²) in [7, 11) is 0. The summed E-state index contributed by atoms with van der Waals surface area (Å²) in [6, 6.07) is 13.4. The van der Waals surface area contributed by atoms with Crippen LogP contribution in [0.15, 0.2) is 60.8 Å². The number of pyridine rings is 1. The highest BCUT2D eigenvalue weighted by Gasteiger charge is 2.30. The van der Waals surface area contributed by atoms with Crippen molar-refractivity contribution in [2.75, 3.05) is 5.32 Å². The van der Waals surface area contributed by atoms with Gasteiger partial charge in [0.15, 0.2) is 0 Å². The van der Waals surface area contributed by atoms with E-state index in [0.717, 1.165) is 50.7 Å². The molecule has 2 heterocycles. The summed E-state index contributed by atoms with van der Waals surface area (Å²) in [5.41, 5.74) is 2.36. The highest BCUT2D eigenvalue weighted by atomic mass is 32.1. The van der Waals surface area contributed by atoms with Crippen molar-refractivity contribution in [2.24, 2.45) is 0 Å². The molecule has 4 rings (SSSR count). The molecule has 4 nitrogen and oxygen atoms in total.